The Morgan fingerprint density at radius 3 is 2.71 bits per heavy atom. The SMILES string of the molecule is O=CNc1ccc(CC(=O)N[C@@H]2C[C@H](O)COC2O)cc1. The van der Waals surface area contributed by atoms with E-state index >= 15 is 0 Å². The number of carbonyl (C=O) groups is 2. The summed E-state index contributed by atoms with van der Waals surface area (Å²) in [7, 11) is 0. The summed E-state index contributed by atoms with van der Waals surface area (Å²) in [4.78, 5) is 22.2. The first-order valence-electron chi connectivity index (χ1n) is 6.64. The molecule has 0 spiro atoms. The highest BCUT2D eigenvalue weighted by Crippen LogP contribution is 2.13. The summed E-state index contributed by atoms with van der Waals surface area (Å²) in [6.07, 6.45) is -0.809. The fourth-order valence-corrected chi connectivity index (χ4v) is 2.16. The molecule has 0 aliphatic carbocycles. The normalized spacial score (nSPS) is 25.1. The molecule has 1 aromatic carbocycles. The van der Waals surface area contributed by atoms with E-state index < -0.39 is 18.4 Å². The molecular formula is C14H18N2O5. The predicted octanol–water partition coefficient (Wildman–Crippen LogP) is -0.618. The first-order valence-corrected chi connectivity index (χ1v) is 6.64. The van der Waals surface area contributed by atoms with Crippen LogP contribution in [0.5, 0.6) is 0 Å². The lowest BCUT2D eigenvalue weighted by Gasteiger charge is -2.31. The van der Waals surface area contributed by atoms with Gasteiger partial charge < -0.3 is 25.6 Å². The van der Waals surface area contributed by atoms with E-state index in [4.69, 9.17) is 4.74 Å². The molecule has 0 aromatic heterocycles. The zero-order chi connectivity index (χ0) is 15.2. The largest absolute Gasteiger partial charge is 0.391 e. The molecule has 7 heteroatoms. The molecule has 1 fully saturated rings. The van der Waals surface area contributed by atoms with Gasteiger partial charge in [0.15, 0.2) is 6.29 Å². The van der Waals surface area contributed by atoms with Gasteiger partial charge in [0.1, 0.15) is 0 Å². The number of benzene rings is 1. The average Bonchev–Trinajstić information content (AvgIpc) is 2.45. The molecule has 0 bridgehead atoms. The van der Waals surface area contributed by atoms with Crippen molar-refractivity contribution in [2.75, 3.05) is 11.9 Å². The van der Waals surface area contributed by atoms with Gasteiger partial charge in [0.05, 0.1) is 25.2 Å². The smallest absolute Gasteiger partial charge is 0.224 e. The van der Waals surface area contributed by atoms with Crippen molar-refractivity contribution < 1.29 is 24.5 Å². The number of rotatable bonds is 5. The Hall–Kier alpha value is -1.96. The van der Waals surface area contributed by atoms with Crippen LogP contribution in [0, 0.1) is 0 Å². The van der Waals surface area contributed by atoms with Gasteiger partial charge in [-0.25, -0.2) is 0 Å². The minimum absolute atomic E-state index is 0.0682. The molecule has 2 amide bonds. The lowest BCUT2D eigenvalue weighted by molar-refractivity contribution is -0.175. The molecule has 1 heterocycles. The maximum absolute atomic E-state index is 11.9. The molecule has 1 aliphatic heterocycles. The number of ether oxygens (including phenoxy) is 1. The maximum atomic E-state index is 11.9. The van der Waals surface area contributed by atoms with Gasteiger partial charge in [-0.1, -0.05) is 12.1 Å². The highest BCUT2D eigenvalue weighted by atomic mass is 16.6. The second-order valence-electron chi connectivity index (χ2n) is 4.92. The number of aliphatic hydroxyl groups excluding tert-OH is 2. The van der Waals surface area contributed by atoms with E-state index in [-0.39, 0.29) is 25.4 Å². The zero-order valence-corrected chi connectivity index (χ0v) is 11.4. The van der Waals surface area contributed by atoms with Crippen LogP contribution < -0.4 is 10.6 Å². The minimum Gasteiger partial charge on any atom is -0.391 e. The van der Waals surface area contributed by atoms with Crippen LogP contribution in [0.4, 0.5) is 5.69 Å². The summed E-state index contributed by atoms with van der Waals surface area (Å²) in [5.74, 6) is -0.271. The third-order valence-electron chi connectivity index (χ3n) is 3.22. The average molecular weight is 294 g/mol. The third-order valence-corrected chi connectivity index (χ3v) is 3.22. The monoisotopic (exact) mass is 294 g/mol. The predicted molar refractivity (Wildman–Crippen MR) is 74.3 cm³/mol. The van der Waals surface area contributed by atoms with Crippen molar-refractivity contribution in [3.63, 3.8) is 0 Å². The van der Waals surface area contributed by atoms with E-state index in [1.807, 2.05) is 0 Å². The molecule has 1 unspecified atom stereocenters. The van der Waals surface area contributed by atoms with Gasteiger partial charge in [-0.05, 0) is 17.7 Å². The lowest BCUT2D eigenvalue weighted by Crippen LogP contribution is -2.51. The molecule has 7 nitrogen and oxygen atoms in total. The highest BCUT2D eigenvalue weighted by Gasteiger charge is 2.30. The molecule has 4 N–H and O–H groups in total. The summed E-state index contributed by atoms with van der Waals surface area (Å²) in [6, 6.07) is 6.23. The minimum atomic E-state index is -1.10. The summed E-state index contributed by atoms with van der Waals surface area (Å²) >= 11 is 0. The fourth-order valence-electron chi connectivity index (χ4n) is 2.16. The summed E-state index contributed by atoms with van der Waals surface area (Å²) in [5, 5.41) is 24.2. The van der Waals surface area contributed by atoms with Crippen molar-refractivity contribution in [2.24, 2.45) is 0 Å². The van der Waals surface area contributed by atoms with Gasteiger partial charge in [0.25, 0.3) is 0 Å². The van der Waals surface area contributed by atoms with Gasteiger partial charge in [0.2, 0.25) is 12.3 Å². The molecule has 1 saturated heterocycles. The Morgan fingerprint density at radius 2 is 2.05 bits per heavy atom. The Morgan fingerprint density at radius 1 is 1.33 bits per heavy atom. The summed E-state index contributed by atoms with van der Waals surface area (Å²) in [6.45, 7) is 0.0682. The van der Waals surface area contributed by atoms with Crippen LogP contribution in [0.1, 0.15) is 12.0 Å². The number of carbonyl (C=O) groups excluding carboxylic acids is 2. The molecule has 1 aliphatic rings. The van der Waals surface area contributed by atoms with E-state index in [9.17, 15) is 19.8 Å². The van der Waals surface area contributed by atoms with E-state index in [1.165, 1.54) is 0 Å². The van der Waals surface area contributed by atoms with Gasteiger partial charge in [-0.3, -0.25) is 9.59 Å². The highest BCUT2D eigenvalue weighted by molar-refractivity contribution is 5.79. The molecule has 0 saturated carbocycles. The van der Waals surface area contributed by atoms with Crippen molar-refractivity contribution in [1.29, 1.82) is 0 Å². The van der Waals surface area contributed by atoms with Crippen LogP contribution in [0.15, 0.2) is 24.3 Å². The Kier molecular flexibility index (Phi) is 5.26. The number of hydrogen-bond donors (Lipinski definition) is 4. The van der Waals surface area contributed by atoms with Gasteiger partial charge in [0, 0.05) is 12.1 Å². The van der Waals surface area contributed by atoms with Crippen LogP contribution in [-0.4, -0.2) is 47.6 Å². The van der Waals surface area contributed by atoms with Crippen LogP contribution in [0.2, 0.25) is 0 Å². The van der Waals surface area contributed by atoms with Crippen LogP contribution in [0.25, 0.3) is 0 Å². The van der Waals surface area contributed by atoms with Gasteiger partial charge in [-0.15, -0.1) is 0 Å². The summed E-state index contributed by atoms with van der Waals surface area (Å²) < 4.78 is 4.95. The number of amides is 2. The van der Waals surface area contributed by atoms with Crippen LogP contribution >= 0.6 is 0 Å². The third kappa shape index (κ3) is 4.52. The quantitative estimate of drug-likeness (QED) is 0.541. The van der Waals surface area contributed by atoms with E-state index in [0.717, 1.165) is 5.56 Å². The molecule has 3 atom stereocenters. The van der Waals surface area contributed by atoms with Crippen molar-refractivity contribution >= 4 is 18.0 Å². The zero-order valence-electron chi connectivity index (χ0n) is 11.4. The number of aliphatic hydroxyl groups is 2. The van der Waals surface area contributed by atoms with Crippen molar-refractivity contribution in [1.82, 2.24) is 5.32 Å². The Labute approximate surface area is 121 Å². The number of anilines is 1. The van der Waals surface area contributed by atoms with E-state index in [1.54, 1.807) is 24.3 Å². The standard InChI is InChI=1S/C14H18N2O5/c17-8-15-10-3-1-9(2-4-10)5-13(19)16-12-6-11(18)7-21-14(12)20/h1-4,8,11-12,14,18,20H,5-7H2,(H,15,17)(H,16,19)/t11-,12+,14?/m0/s1. The first kappa shape index (κ1) is 15.4. The number of hydrogen-bond acceptors (Lipinski definition) is 5. The Bertz CT molecular complexity index is 491. The molecule has 0 radical (unpaired) electrons. The molecule has 1 aromatic rings. The van der Waals surface area contributed by atoms with Crippen LogP contribution in [0.3, 0.4) is 0 Å². The fraction of sp³-hybridized carbons (Fsp3) is 0.429. The summed E-state index contributed by atoms with van der Waals surface area (Å²) in [5.41, 5.74) is 1.42. The first-order chi connectivity index (χ1) is 10.1. The van der Waals surface area contributed by atoms with Crippen LogP contribution in [-0.2, 0) is 20.7 Å². The van der Waals surface area contributed by atoms with E-state index in [2.05, 4.69) is 10.6 Å². The van der Waals surface area contributed by atoms with Gasteiger partial charge in [-0.2, -0.15) is 0 Å². The molecular weight excluding hydrogens is 276 g/mol. The molecule has 2 rings (SSSR count). The van der Waals surface area contributed by atoms with Crippen molar-refractivity contribution in [3.05, 3.63) is 29.8 Å². The topological polar surface area (TPSA) is 108 Å². The second-order valence-corrected chi connectivity index (χ2v) is 4.92. The lowest BCUT2D eigenvalue weighted by atomic mass is 10.1. The second kappa shape index (κ2) is 7.16. The van der Waals surface area contributed by atoms with Gasteiger partial charge >= 0.3 is 0 Å². The Balaban J connectivity index is 1.87. The molecule has 21 heavy (non-hydrogen) atoms. The van der Waals surface area contributed by atoms with E-state index in [0.29, 0.717) is 12.1 Å². The molecule has 114 valence electrons. The maximum Gasteiger partial charge on any atom is 0.224 e. The van der Waals surface area contributed by atoms with Crippen molar-refractivity contribution in [2.45, 2.75) is 31.3 Å². The van der Waals surface area contributed by atoms with Crippen molar-refractivity contribution in [3.8, 4) is 0 Å². The number of nitrogens with one attached hydrogen (secondary N) is 2.